The van der Waals surface area contributed by atoms with Gasteiger partial charge in [0.25, 0.3) is 0 Å². The molecular weight excluding hydrogens is 424 g/mol. The molecule has 1 saturated carbocycles. The van der Waals surface area contributed by atoms with Gasteiger partial charge in [0.05, 0.1) is 16.7 Å². The number of anilines is 1. The molecule has 0 bridgehead atoms. The number of rotatable bonds is 5. The molecule has 0 saturated heterocycles. The van der Waals surface area contributed by atoms with Crippen LogP contribution in [0.25, 0.3) is 11.1 Å². The van der Waals surface area contributed by atoms with Crippen molar-refractivity contribution in [3.8, 4) is 16.9 Å². The van der Waals surface area contributed by atoms with Crippen molar-refractivity contribution in [2.24, 2.45) is 0 Å². The van der Waals surface area contributed by atoms with Crippen LogP contribution in [0.4, 0.5) is 32.2 Å². The molecule has 0 aliphatic heterocycles. The molecule has 0 spiro atoms. The van der Waals surface area contributed by atoms with Crippen molar-refractivity contribution in [3.05, 3.63) is 71.0 Å². The maximum atomic E-state index is 13.3. The first-order valence-corrected chi connectivity index (χ1v) is 9.48. The first kappa shape index (κ1) is 21.1. The van der Waals surface area contributed by atoms with Gasteiger partial charge in [0.15, 0.2) is 11.5 Å². The van der Waals surface area contributed by atoms with Gasteiger partial charge in [-0.15, -0.1) is 0 Å². The minimum absolute atomic E-state index is 0.00232. The molecule has 31 heavy (non-hydrogen) atoms. The first-order valence-electron chi connectivity index (χ1n) is 9.48. The number of furan rings is 1. The summed E-state index contributed by atoms with van der Waals surface area (Å²) in [6.45, 7) is 0. The Morgan fingerprint density at radius 1 is 0.935 bits per heavy atom. The Morgan fingerprint density at radius 3 is 2.29 bits per heavy atom. The topological polar surface area (TPSA) is 45.4 Å². The van der Waals surface area contributed by atoms with E-state index in [0.717, 1.165) is 31.0 Å². The molecule has 2 aromatic carbocycles. The molecule has 0 radical (unpaired) electrons. The third-order valence-electron chi connectivity index (χ3n) is 5.02. The molecule has 0 atom stereocenters. The van der Waals surface area contributed by atoms with Crippen LogP contribution in [0.1, 0.15) is 35.3 Å². The average Bonchev–Trinajstić information content (AvgIpc) is 3.45. The van der Waals surface area contributed by atoms with Crippen LogP contribution in [-0.4, -0.2) is 11.1 Å². The number of benzene rings is 2. The van der Waals surface area contributed by atoms with E-state index in [1.54, 1.807) is 0 Å². The van der Waals surface area contributed by atoms with Gasteiger partial charge in [-0.2, -0.15) is 26.3 Å². The van der Waals surface area contributed by atoms with E-state index < -0.39 is 29.2 Å². The van der Waals surface area contributed by atoms with Crippen LogP contribution < -0.4 is 5.32 Å². The highest BCUT2D eigenvalue weighted by atomic mass is 19.4. The molecule has 164 valence electrons. The van der Waals surface area contributed by atoms with E-state index in [4.69, 9.17) is 4.42 Å². The van der Waals surface area contributed by atoms with Gasteiger partial charge in [-0.05, 0) is 42.2 Å². The summed E-state index contributed by atoms with van der Waals surface area (Å²) < 4.78 is 85.1. The number of hydrogen-bond acceptors (Lipinski definition) is 3. The molecule has 0 unspecified atom stereocenters. The van der Waals surface area contributed by atoms with Gasteiger partial charge in [0, 0.05) is 12.5 Å². The highest BCUT2D eigenvalue weighted by Gasteiger charge is 2.35. The lowest BCUT2D eigenvalue weighted by Crippen LogP contribution is -2.09. The highest BCUT2D eigenvalue weighted by Crippen LogP contribution is 2.46. The third kappa shape index (κ3) is 4.50. The fraction of sp³-hybridized carbons (Fsp3) is 0.273. The van der Waals surface area contributed by atoms with Crippen molar-refractivity contribution in [1.82, 2.24) is 0 Å². The van der Waals surface area contributed by atoms with E-state index >= 15 is 0 Å². The first-order chi connectivity index (χ1) is 14.5. The smallest absolute Gasteiger partial charge is 0.416 e. The van der Waals surface area contributed by atoms with Crippen molar-refractivity contribution in [1.29, 1.82) is 0 Å². The minimum Gasteiger partial charge on any atom is -0.504 e. The molecule has 1 aromatic heterocycles. The lowest BCUT2D eigenvalue weighted by molar-refractivity contribution is -0.138. The molecule has 9 heteroatoms. The molecule has 1 heterocycles. The zero-order chi connectivity index (χ0) is 22.4. The zero-order valence-electron chi connectivity index (χ0n) is 15.9. The number of halogens is 6. The van der Waals surface area contributed by atoms with Crippen molar-refractivity contribution >= 4 is 5.88 Å². The molecule has 2 N–H and O–H groups in total. The van der Waals surface area contributed by atoms with Crippen LogP contribution in [0.3, 0.4) is 0 Å². The summed E-state index contributed by atoms with van der Waals surface area (Å²) in [5.41, 5.74) is -1.85. The molecule has 1 aliphatic rings. The van der Waals surface area contributed by atoms with Crippen molar-refractivity contribution < 1.29 is 35.9 Å². The van der Waals surface area contributed by atoms with Crippen LogP contribution >= 0.6 is 0 Å². The second kappa shape index (κ2) is 7.55. The van der Waals surface area contributed by atoms with E-state index in [-0.39, 0.29) is 40.8 Å². The second-order valence-corrected chi connectivity index (χ2v) is 7.41. The normalized spacial score (nSPS) is 14.6. The number of hydrogen-bond donors (Lipinski definition) is 2. The van der Waals surface area contributed by atoms with Crippen molar-refractivity contribution in [2.75, 3.05) is 5.32 Å². The summed E-state index contributed by atoms with van der Waals surface area (Å²) in [5.74, 6) is -0.606. The Kier molecular flexibility index (Phi) is 5.15. The molecule has 1 fully saturated rings. The minimum atomic E-state index is -4.60. The van der Waals surface area contributed by atoms with Crippen LogP contribution in [0.15, 0.2) is 52.9 Å². The summed E-state index contributed by atoms with van der Waals surface area (Å²) in [7, 11) is 0. The Bertz CT molecular complexity index is 1100. The summed E-state index contributed by atoms with van der Waals surface area (Å²) in [5, 5.41) is 13.8. The van der Waals surface area contributed by atoms with Crippen LogP contribution in [0.2, 0.25) is 0 Å². The molecular formula is C22H17F6NO2. The summed E-state index contributed by atoms with van der Waals surface area (Å²) >= 11 is 0. The fourth-order valence-electron chi connectivity index (χ4n) is 3.35. The Balaban J connectivity index is 1.78. The van der Waals surface area contributed by atoms with Gasteiger partial charge in [0.1, 0.15) is 0 Å². The van der Waals surface area contributed by atoms with Gasteiger partial charge < -0.3 is 14.8 Å². The zero-order valence-corrected chi connectivity index (χ0v) is 15.9. The third-order valence-corrected chi connectivity index (χ3v) is 5.02. The van der Waals surface area contributed by atoms with Crippen molar-refractivity contribution in [3.63, 3.8) is 0 Å². The fourth-order valence-corrected chi connectivity index (χ4v) is 3.35. The Hall–Kier alpha value is -3.10. The monoisotopic (exact) mass is 441 g/mol. The predicted molar refractivity (Wildman–Crippen MR) is 102 cm³/mol. The largest absolute Gasteiger partial charge is 0.504 e. The summed E-state index contributed by atoms with van der Waals surface area (Å²) in [4.78, 5) is 0. The average molecular weight is 441 g/mol. The predicted octanol–water partition coefficient (Wildman–Crippen LogP) is 6.85. The standard InChI is InChI=1S/C22H17F6NO2/c23-21(24,25)14-6-3-5-13(10-14)18-19(30)17(31-20(18)29-15-8-9-15)11-12-4-1-2-7-16(12)22(26,27)28/h1-7,10,15,29-30H,8-9,11H2. The Labute approximate surface area is 173 Å². The second-order valence-electron chi connectivity index (χ2n) is 7.41. The van der Waals surface area contributed by atoms with E-state index in [1.165, 1.54) is 30.3 Å². The summed E-state index contributed by atoms with van der Waals surface area (Å²) in [6.07, 6.45) is -7.93. The number of nitrogens with one attached hydrogen (secondary N) is 1. The maximum absolute atomic E-state index is 13.3. The maximum Gasteiger partial charge on any atom is 0.416 e. The van der Waals surface area contributed by atoms with E-state index in [2.05, 4.69) is 5.32 Å². The quantitative estimate of drug-likeness (QED) is 0.426. The van der Waals surface area contributed by atoms with Gasteiger partial charge >= 0.3 is 12.4 Å². The number of alkyl halides is 6. The van der Waals surface area contributed by atoms with Crippen molar-refractivity contribution in [2.45, 2.75) is 37.7 Å². The van der Waals surface area contributed by atoms with E-state index in [1.807, 2.05) is 0 Å². The van der Waals surface area contributed by atoms with E-state index in [9.17, 15) is 31.4 Å². The van der Waals surface area contributed by atoms with Crippen LogP contribution in [-0.2, 0) is 18.8 Å². The lowest BCUT2D eigenvalue weighted by Gasteiger charge is -2.11. The van der Waals surface area contributed by atoms with Crippen LogP contribution in [0.5, 0.6) is 5.75 Å². The highest BCUT2D eigenvalue weighted by molar-refractivity contribution is 5.82. The van der Waals surface area contributed by atoms with Gasteiger partial charge in [-0.3, -0.25) is 0 Å². The van der Waals surface area contributed by atoms with Crippen LogP contribution in [0, 0.1) is 0 Å². The lowest BCUT2D eigenvalue weighted by atomic mass is 10.00. The Morgan fingerprint density at radius 2 is 1.65 bits per heavy atom. The molecule has 1 aliphatic carbocycles. The van der Waals surface area contributed by atoms with E-state index in [0.29, 0.717) is 0 Å². The SMILES string of the molecule is Oc1c(Cc2ccccc2C(F)(F)F)oc(NC2CC2)c1-c1cccc(C(F)(F)F)c1. The van der Waals surface area contributed by atoms with Gasteiger partial charge in [-0.1, -0.05) is 30.3 Å². The number of aromatic hydroxyl groups is 1. The van der Waals surface area contributed by atoms with Gasteiger partial charge in [-0.25, -0.2) is 0 Å². The molecule has 3 nitrogen and oxygen atoms in total. The molecule has 3 aromatic rings. The summed E-state index contributed by atoms with van der Waals surface area (Å²) in [6, 6.07) is 9.25. The molecule has 0 amide bonds. The van der Waals surface area contributed by atoms with Gasteiger partial charge in [0.2, 0.25) is 5.88 Å². The molecule has 4 rings (SSSR count).